The van der Waals surface area contributed by atoms with Crippen LogP contribution in [0.15, 0.2) is 18.2 Å². The summed E-state index contributed by atoms with van der Waals surface area (Å²) in [7, 11) is 3.62. The lowest BCUT2D eigenvalue weighted by Gasteiger charge is -2.22. The third-order valence-corrected chi connectivity index (χ3v) is 3.37. The van der Waals surface area contributed by atoms with Crippen LogP contribution in [0.25, 0.3) is 0 Å². The first-order valence-corrected chi connectivity index (χ1v) is 7.59. The Balaban J connectivity index is 2.60. The van der Waals surface area contributed by atoms with Gasteiger partial charge >= 0.3 is 6.03 Å². The molecule has 124 valence electrons. The van der Waals surface area contributed by atoms with E-state index in [9.17, 15) is 4.79 Å². The normalized spacial score (nSPS) is 10.6. The number of aliphatic hydroxyl groups is 1. The number of ether oxygens (including phenoxy) is 1. The second-order valence-corrected chi connectivity index (χ2v) is 5.39. The Bertz CT molecular complexity index is 485. The number of anilines is 1. The fourth-order valence-corrected chi connectivity index (χ4v) is 1.95. The summed E-state index contributed by atoms with van der Waals surface area (Å²) in [5.41, 5.74) is 0.590. The number of nitrogens with zero attached hydrogens (tertiary/aromatic N) is 2. The molecule has 0 saturated carbocycles. The van der Waals surface area contributed by atoms with Crippen molar-refractivity contribution < 1.29 is 14.6 Å². The van der Waals surface area contributed by atoms with Crippen LogP contribution in [-0.2, 0) is 0 Å². The monoisotopic (exact) mass is 329 g/mol. The minimum Gasteiger partial charge on any atom is -0.492 e. The number of carbonyl (C=O) groups excluding carboxylic acids is 1. The van der Waals surface area contributed by atoms with Crippen molar-refractivity contribution in [2.45, 2.75) is 6.92 Å². The summed E-state index contributed by atoms with van der Waals surface area (Å²) in [6, 6.07) is 4.88. The maximum Gasteiger partial charge on any atom is 0.321 e. The van der Waals surface area contributed by atoms with Crippen LogP contribution >= 0.6 is 11.6 Å². The van der Waals surface area contributed by atoms with E-state index in [0.717, 1.165) is 0 Å². The van der Waals surface area contributed by atoms with E-state index in [4.69, 9.17) is 21.4 Å². The first kappa shape index (κ1) is 18.5. The predicted molar refractivity (Wildman–Crippen MR) is 88.9 cm³/mol. The van der Waals surface area contributed by atoms with Crippen molar-refractivity contribution in [3.63, 3.8) is 0 Å². The molecular formula is C15H24ClN3O3. The molecule has 22 heavy (non-hydrogen) atoms. The van der Waals surface area contributed by atoms with Gasteiger partial charge in [-0.25, -0.2) is 4.79 Å². The summed E-state index contributed by atoms with van der Waals surface area (Å²) in [4.78, 5) is 15.7. The van der Waals surface area contributed by atoms with Gasteiger partial charge < -0.3 is 25.0 Å². The van der Waals surface area contributed by atoms with Crippen molar-refractivity contribution >= 4 is 23.3 Å². The summed E-state index contributed by atoms with van der Waals surface area (Å²) in [5.74, 6) is 0.550. The molecule has 0 aliphatic rings. The van der Waals surface area contributed by atoms with Gasteiger partial charge in [-0.2, -0.15) is 0 Å². The zero-order valence-corrected chi connectivity index (χ0v) is 14.1. The molecule has 0 fully saturated rings. The number of halogens is 1. The number of benzene rings is 1. The highest BCUT2D eigenvalue weighted by Gasteiger charge is 2.13. The number of aliphatic hydroxyl groups excluding tert-OH is 1. The van der Waals surface area contributed by atoms with E-state index >= 15 is 0 Å². The third-order valence-electron chi connectivity index (χ3n) is 3.13. The fourth-order valence-electron chi connectivity index (χ4n) is 1.79. The molecule has 0 heterocycles. The van der Waals surface area contributed by atoms with Gasteiger partial charge in [-0.15, -0.1) is 0 Å². The van der Waals surface area contributed by atoms with Gasteiger partial charge in [-0.05, 0) is 26.1 Å². The summed E-state index contributed by atoms with van der Waals surface area (Å²) in [6.07, 6.45) is 0. The van der Waals surface area contributed by atoms with Crippen LogP contribution in [0.4, 0.5) is 10.5 Å². The molecule has 0 radical (unpaired) electrons. The van der Waals surface area contributed by atoms with Crippen molar-refractivity contribution in [1.29, 1.82) is 0 Å². The lowest BCUT2D eigenvalue weighted by atomic mass is 10.3. The number of carbonyl (C=O) groups is 1. The van der Waals surface area contributed by atoms with Gasteiger partial charge in [-0.1, -0.05) is 11.6 Å². The van der Waals surface area contributed by atoms with Gasteiger partial charge in [0, 0.05) is 37.8 Å². The summed E-state index contributed by atoms with van der Waals surface area (Å²) in [6.45, 7) is 4.29. The second kappa shape index (κ2) is 9.50. The van der Waals surface area contributed by atoms with Gasteiger partial charge in [0.25, 0.3) is 0 Å². The Kier molecular flexibility index (Phi) is 8.01. The van der Waals surface area contributed by atoms with Crippen LogP contribution in [0.2, 0.25) is 5.02 Å². The predicted octanol–water partition coefficient (Wildman–Crippen LogP) is 2.13. The molecule has 1 rings (SSSR count). The van der Waals surface area contributed by atoms with Crippen LogP contribution in [0.5, 0.6) is 5.75 Å². The maximum absolute atomic E-state index is 12.2. The van der Waals surface area contributed by atoms with Gasteiger partial charge in [0.1, 0.15) is 5.75 Å². The highest BCUT2D eigenvalue weighted by molar-refractivity contribution is 6.30. The van der Waals surface area contributed by atoms with E-state index < -0.39 is 0 Å². The van der Waals surface area contributed by atoms with Crippen molar-refractivity contribution in [2.75, 3.05) is 52.3 Å². The Hall–Kier alpha value is -1.50. The quantitative estimate of drug-likeness (QED) is 0.767. The molecule has 0 atom stereocenters. The van der Waals surface area contributed by atoms with E-state index in [1.165, 1.54) is 0 Å². The van der Waals surface area contributed by atoms with Gasteiger partial charge in [-0.3, -0.25) is 0 Å². The number of urea groups is 1. The van der Waals surface area contributed by atoms with Crippen LogP contribution in [0.3, 0.4) is 0 Å². The third kappa shape index (κ3) is 6.09. The highest BCUT2D eigenvalue weighted by atomic mass is 35.5. The van der Waals surface area contributed by atoms with Crippen molar-refractivity contribution in [2.24, 2.45) is 0 Å². The standard InChI is InChI=1S/C15H24ClN3O3/c1-4-22-14-11-12(16)5-6-13(14)17-15(21)19(3)8-7-18(2)9-10-20/h5-6,11,20H,4,7-10H2,1-3H3,(H,17,21). The molecule has 2 N–H and O–H groups in total. The SMILES string of the molecule is CCOc1cc(Cl)ccc1NC(=O)N(C)CCN(C)CCO. The number of amides is 2. The van der Waals surface area contributed by atoms with E-state index in [1.807, 2.05) is 18.9 Å². The van der Waals surface area contributed by atoms with Crippen molar-refractivity contribution in [3.05, 3.63) is 23.2 Å². The number of rotatable bonds is 8. The Labute approximate surface area is 136 Å². The molecule has 0 spiro atoms. The smallest absolute Gasteiger partial charge is 0.321 e. The second-order valence-electron chi connectivity index (χ2n) is 4.95. The molecule has 0 aliphatic heterocycles. The van der Waals surface area contributed by atoms with E-state index in [1.54, 1.807) is 30.1 Å². The molecule has 1 aromatic carbocycles. The van der Waals surface area contributed by atoms with E-state index in [-0.39, 0.29) is 12.6 Å². The van der Waals surface area contributed by atoms with Crippen LogP contribution in [0.1, 0.15) is 6.92 Å². The van der Waals surface area contributed by atoms with E-state index in [2.05, 4.69) is 5.32 Å². The van der Waals surface area contributed by atoms with Crippen LogP contribution in [-0.4, -0.2) is 67.9 Å². The largest absolute Gasteiger partial charge is 0.492 e. The molecule has 0 bridgehead atoms. The van der Waals surface area contributed by atoms with Crippen molar-refractivity contribution in [3.8, 4) is 5.75 Å². The summed E-state index contributed by atoms with van der Waals surface area (Å²) < 4.78 is 5.47. The molecule has 7 heteroatoms. The number of hydrogen-bond donors (Lipinski definition) is 2. The Morgan fingerprint density at radius 3 is 2.68 bits per heavy atom. The zero-order valence-electron chi connectivity index (χ0n) is 13.3. The highest BCUT2D eigenvalue weighted by Crippen LogP contribution is 2.28. The lowest BCUT2D eigenvalue weighted by Crippen LogP contribution is -2.38. The van der Waals surface area contributed by atoms with Gasteiger partial charge in [0.2, 0.25) is 0 Å². The maximum atomic E-state index is 12.2. The van der Waals surface area contributed by atoms with Crippen LogP contribution < -0.4 is 10.1 Å². The molecule has 0 unspecified atom stereocenters. The van der Waals surface area contributed by atoms with Crippen LogP contribution in [0, 0.1) is 0 Å². The van der Waals surface area contributed by atoms with E-state index in [0.29, 0.717) is 42.7 Å². The number of likely N-dealkylation sites (N-methyl/N-ethyl adjacent to an activating group) is 2. The number of hydrogen-bond acceptors (Lipinski definition) is 4. The topological polar surface area (TPSA) is 65.0 Å². The molecule has 2 amide bonds. The number of nitrogens with one attached hydrogen (secondary N) is 1. The molecule has 0 saturated heterocycles. The lowest BCUT2D eigenvalue weighted by molar-refractivity contribution is 0.197. The summed E-state index contributed by atoms with van der Waals surface area (Å²) in [5, 5.41) is 12.2. The summed E-state index contributed by atoms with van der Waals surface area (Å²) >= 11 is 5.94. The molecular weight excluding hydrogens is 306 g/mol. The molecule has 1 aromatic rings. The first-order chi connectivity index (χ1) is 10.5. The average Bonchev–Trinajstić information content (AvgIpc) is 2.48. The van der Waals surface area contributed by atoms with Gasteiger partial charge in [0.05, 0.1) is 18.9 Å². The molecule has 0 aliphatic carbocycles. The molecule has 6 nitrogen and oxygen atoms in total. The first-order valence-electron chi connectivity index (χ1n) is 7.21. The average molecular weight is 330 g/mol. The van der Waals surface area contributed by atoms with Gasteiger partial charge in [0.15, 0.2) is 0 Å². The zero-order chi connectivity index (χ0) is 16.5. The Morgan fingerprint density at radius 1 is 1.32 bits per heavy atom. The fraction of sp³-hybridized carbons (Fsp3) is 0.533. The minimum absolute atomic E-state index is 0.106. The minimum atomic E-state index is -0.222. The molecule has 0 aromatic heterocycles. The van der Waals surface area contributed by atoms with Crippen molar-refractivity contribution in [1.82, 2.24) is 9.80 Å². The Morgan fingerprint density at radius 2 is 2.05 bits per heavy atom.